The molecule has 0 aliphatic heterocycles. The second-order valence-corrected chi connectivity index (χ2v) is 6.09. The van der Waals surface area contributed by atoms with Crippen LogP contribution in [0.5, 0.6) is 11.5 Å². The van der Waals surface area contributed by atoms with Gasteiger partial charge in [-0.2, -0.15) is 0 Å². The molecule has 2 aromatic carbocycles. The van der Waals surface area contributed by atoms with Crippen molar-refractivity contribution in [2.75, 3.05) is 12.4 Å². The molecule has 0 saturated heterocycles. The molecule has 0 aliphatic rings. The summed E-state index contributed by atoms with van der Waals surface area (Å²) in [6.07, 6.45) is -3.26. The van der Waals surface area contributed by atoms with Crippen molar-refractivity contribution < 1.29 is 27.4 Å². The van der Waals surface area contributed by atoms with E-state index in [1.165, 1.54) is 30.5 Å². The molecular formula is C21H18F3N3O3. The smallest absolute Gasteiger partial charge is 0.496 e. The van der Waals surface area contributed by atoms with Gasteiger partial charge < -0.3 is 20.1 Å². The van der Waals surface area contributed by atoms with Gasteiger partial charge in [-0.15, -0.1) is 13.2 Å². The second kappa shape index (κ2) is 9.17. The Balaban J connectivity index is 1.70. The van der Waals surface area contributed by atoms with E-state index < -0.39 is 6.36 Å². The number of aromatic nitrogens is 1. The first-order valence-electron chi connectivity index (χ1n) is 8.83. The molecule has 0 saturated carbocycles. The van der Waals surface area contributed by atoms with Gasteiger partial charge in [0.25, 0.3) is 5.91 Å². The van der Waals surface area contributed by atoms with Gasteiger partial charge in [0.05, 0.1) is 12.7 Å². The molecule has 0 radical (unpaired) electrons. The highest BCUT2D eigenvalue weighted by Crippen LogP contribution is 2.26. The van der Waals surface area contributed by atoms with Crippen LogP contribution < -0.4 is 20.1 Å². The van der Waals surface area contributed by atoms with E-state index in [4.69, 9.17) is 4.74 Å². The minimum absolute atomic E-state index is 0.251. The minimum atomic E-state index is -4.76. The zero-order chi connectivity index (χ0) is 21.6. The molecule has 0 bridgehead atoms. The first-order valence-corrected chi connectivity index (χ1v) is 8.83. The first-order chi connectivity index (χ1) is 14.4. The molecule has 9 heteroatoms. The van der Waals surface area contributed by atoms with Crippen molar-refractivity contribution in [3.8, 4) is 11.5 Å². The predicted octanol–water partition coefficient (Wildman–Crippen LogP) is 4.66. The summed E-state index contributed by atoms with van der Waals surface area (Å²) < 4.78 is 45.9. The highest BCUT2D eigenvalue weighted by Gasteiger charge is 2.31. The summed E-state index contributed by atoms with van der Waals surface area (Å²) in [5.41, 5.74) is 1.54. The lowest BCUT2D eigenvalue weighted by molar-refractivity contribution is -0.274. The van der Waals surface area contributed by atoms with Crippen LogP contribution in [0.2, 0.25) is 0 Å². The van der Waals surface area contributed by atoms with Crippen LogP contribution in [-0.4, -0.2) is 24.4 Å². The van der Waals surface area contributed by atoms with Crippen LogP contribution in [-0.2, 0) is 6.54 Å². The topological polar surface area (TPSA) is 72.5 Å². The lowest BCUT2D eigenvalue weighted by atomic mass is 10.2. The van der Waals surface area contributed by atoms with Gasteiger partial charge in [0, 0.05) is 24.0 Å². The molecule has 3 rings (SSSR count). The number of nitrogens with zero attached hydrogens (tertiary/aromatic N) is 1. The molecule has 2 N–H and O–H groups in total. The van der Waals surface area contributed by atoms with Crippen molar-refractivity contribution in [1.29, 1.82) is 0 Å². The number of amides is 1. The Hall–Kier alpha value is -3.75. The van der Waals surface area contributed by atoms with Crippen LogP contribution in [0.1, 0.15) is 15.9 Å². The standard InChI is InChI=1S/C21H18F3N3O3/c1-29-18-7-3-2-5-14(18)13-26-20(28)17-6-4-12-25-19(17)27-15-8-10-16(11-9-15)30-21(22,23)24/h2-12H,13H2,1H3,(H,25,27)(H,26,28). The SMILES string of the molecule is COc1ccccc1CNC(=O)c1cccnc1Nc1ccc(OC(F)(F)F)cc1. The van der Waals surface area contributed by atoms with E-state index in [0.717, 1.165) is 5.56 Å². The average Bonchev–Trinajstić information content (AvgIpc) is 2.73. The third-order valence-corrected chi connectivity index (χ3v) is 4.03. The van der Waals surface area contributed by atoms with E-state index in [-0.39, 0.29) is 29.6 Å². The number of carbonyl (C=O) groups is 1. The number of alkyl halides is 3. The van der Waals surface area contributed by atoms with Crippen molar-refractivity contribution in [3.05, 3.63) is 78.0 Å². The number of nitrogens with one attached hydrogen (secondary N) is 2. The van der Waals surface area contributed by atoms with E-state index in [9.17, 15) is 18.0 Å². The molecule has 1 heterocycles. The van der Waals surface area contributed by atoms with Crippen molar-refractivity contribution in [1.82, 2.24) is 10.3 Å². The van der Waals surface area contributed by atoms with Crippen molar-refractivity contribution in [2.24, 2.45) is 0 Å². The Kier molecular flexibility index (Phi) is 6.41. The van der Waals surface area contributed by atoms with Gasteiger partial charge >= 0.3 is 6.36 Å². The second-order valence-electron chi connectivity index (χ2n) is 6.09. The molecule has 30 heavy (non-hydrogen) atoms. The maximum atomic E-state index is 12.7. The quantitative estimate of drug-likeness (QED) is 0.585. The van der Waals surface area contributed by atoms with Crippen LogP contribution in [0, 0.1) is 0 Å². The molecule has 6 nitrogen and oxygen atoms in total. The third kappa shape index (κ3) is 5.63. The fourth-order valence-electron chi connectivity index (χ4n) is 2.68. The fourth-order valence-corrected chi connectivity index (χ4v) is 2.68. The van der Waals surface area contributed by atoms with Gasteiger partial charge in [0.15, 0.2) is 0 Å². The number of pyridine rings is 1. The van der Waals surface area contributed by atoms with Gasteiger partial charge in [0.2, 0.25) is 0 Å². The van der Waals surface area contributed by atoms with Gasteiger partial charge in [-0.05, 0) is 42.5 Å². The molecule has 0 aliphatic carbocycles. The lowest BCUT2D eigenvalue weighted by Crippen LogP contribution is -2.24. The Morgan fingerprint density at radius 2 is 1.77 bits per heavy atom. The minimum Gasteiger partial charge on any atom is -0.496 e. The van der Waals surface area contributed by atoms with Crippen LogP contribution in [0.15, 0.2) is 66.9 Å². The monoisotopic (exact) mass is 417 g/mol. The third-order valence-electron chi connectivity index (χ3n) is 4.03. The molecule has 156 valence electrons. The van der Waals surface area contributed by atoms with Crippen molar-refractivity contribution >= 4 is 17.4 Å². The summed E-state index contributed by atoms with van der Waals surface area (Å²) in [4.78, 5) is 16.8. The number of carbonyl (C=O) groups excluding carboxylic acids is 1. The number of rotatable bonds is 7. The number of ether oxygens (including phenoxy) is 2. The summed E-state index contributed by atoms with van der Waals surface area (Å²) >= 11 is 0. The van der Waals surface area contributed by atoms with Crippen LogP contribution in [0.3, 0.4) is 0 Å². The highest BCUT2D eigenvalue weighted by atomic mass is 19.4. The zero-order valence-electron chi connectivity index (χ0n) is 15.9. The normalized spacial score (nSPS) is 10.9. The number of methoxy groups -OCH3 is 1. The highest BCUT2D eigenvalue weighted by molar-refractivity contribution is 5.99. The first kappa shape index (κ1) is 21.0. The van der Waals surface area contributed by atoms with E-state index >= 15 is 0 Å². The Morgan fingerprint density at radius 3 is 2.47 bits per heavy atom. The summed E-state index contributed by atoms with van der Waals surface area (Å²) in [6.45, 7) is 0.251. The van der Waals surface area contributed by atoms with Crippen molar-refractivity contribution in [2.45, 2.75) is 12.9 Å². The maximum absolute atomic E-state index is 12.7. The summed E-state index contributed by atoms with van der Waals surface area (Å²) in [7, 11) is 1.55. The molecule has 3 aromatic rings. The number of hydrogen-bond acceptors (Lipinski definition) is 5. The molecule has 0 fully saturated rings. The van der Waals surface area contributed by atoms with Crippen LogP contribution in [0.4, 0.5) is 24.7 Å². The maximum Gasteiger partial charge on any atom is 0.573 e. The lowest BCUT2D eigenvalue weighted by Gasteiger charge is -2.13. The molecule has 0 unspecified atom stereocenters. The summed E-state index contributed by atoms with van der Waals surface area (Å²) in [5, 5.41) is 5.74. The van der Waals surface area contributed by atoms with Gasteiger partial charge in [0.1, 0.15) is 17.3 Å². The molecule has 1 aromatic heterocycles. The van der Waals surface area contributed by atoms with E-state index in [2.05, 4.69) is 20.4 Å². The molecule has 0 spiro atoms. The Labute approximate surface area is 170 Å². The van der Waals surface area contributed by atoms with Crippen LogP contribution >= 0.6 is 0 Å². The van der Waals surface area contributed by atoms with E-state index in [1.54, 1.807) is 25.3 Å². The average molecular weight is 417 g/mol. The number of halogens is 3. The van der Waals surface area contributed by atoms with Gasteiger partial charge in [-0.3, -0.25) is 4.79 Å². The van der Waals surface area contributed by atoms with Crippen LogP contribution in [0.25, 0.3) is 0 Å². The number of anilines is 2. The summed E-state index contributed by atoms with van der Waals surface area (Å²) in [5.74, 6) is 0.209. The number of para-hydroxylation sites is 1. The molecular weight excluding hydrogens is 399 g/mol. The number of hydrogen-bond donors (Lipinski definition) is 2. The number of benzene rings is 2. The van der Waals surface area contributed by atoms with Gasteiger partial charge in [-0.1, -0.05) is 18.2 Å². The molecule has 0 atom stereocenters. The van der Waals surface area contributed by atoms with E-state index in [0.29, 0.717) is 11.4 Å². The molecule has 1 amide bonds. The van der Waals surface area contributed by atoms with Gasteiger partial charge in [-0.25, -0.2) is 4.98 Å². The predicted molar refractivity (Wildman–Crippen MR) is 105 cm³/mol. The largest absolute Gasteiger partial charge is 0.573 e. The Morgan fingerprint density at radius 1 is 1.03 bits per heavy atom. The Bertz CT molecular complexity index is 1010. The summed E-state index contributed by atoms with van der Waals surface area (Å²) in [6, 6.07) is 15.6. The fraction of sp³-hybridized carbons (Fsp3) is 0.143. The van der Waals surface area contributed by atoms with E-state index in [1.807, 2.05) is 18.2 Å². The van der Waals surface area contributed by atoms with Crippen molar-refractivity contribution in [3.63, 3.8) is 0 Å². The zero-order valence-corrected chi connectivity index (χ0v) is 15.9.